The number of hydrogen-bond donors (Lipinski definition) is 1. The molecule has 1 aliphatic heterocycles. The molecule has 0 aliphatic carbocycles. The molecule has 51 heavy (non-hydrogen) atoms. The van der Waals surface area contributed by atoms with Gasteiger partial charge in [0.2, 0.25) is 0 Å². The fourth-order valence-electron chi connectivity index (χ4n) is 6.56. The van der Waals surface area contributed by atoms with Crippen LogP contribution in [0.15, 0.2) is 109 Å². The molecule has 0 saturated heterocycles. The van der Waals surface area contributed by atoms with E-state index in [1.807, 2.05) is 72.8 Å². The van der Waals surface area contributed by atoms with Crippen molar-refractivity contribution in [3.8, 4) is 44.5 Å². The fourth-order valence-corrected chi connectivity index (χ4v) is 11.7. The molecule has 1 atom stereocenters. The lowest BCUT2D eigenvalue weighted by Crippen LogP contribution is -2.52. The third kappa shape index (κ3) is 7.74. The van der Waals surface area contributed by atoms with E-state index in [9.17, 15) is 9.90 Å². The van der Waals surface area contributed by atoms with Crippen molar-refractivity contribution in [3.63, 3.8) is 0 Å². The van der Waals surface area contributed by atoms with Crippen molar-refractivity contribution in [1.29, 1.82) is 0 Å². The Bertz CT molecular complexity index is 2110. The normalized spacial score (nSPS) is 13.5. The van der Waals surface area contributed by atoms with Crippen LogP contribution in [0.5, 0.6) is 0 Å². The number of carbonyl (C=O) groups is 3. The monoisotopic (exact) mass is 1190 g/mol. The molecule has 260 valence electrons. The summed E-state index contributed by atoms with van der Waals surface area (Å²) in [6.45, 7) is 5.13. The molecule has 13 heteroatoms. The van der Waals surface area contributed by atoms with Gasteiger partial charge in [0.25, 0.3) is 11.8 Å². The van der Waals surface area contributed by atoms with Gasteiger partial charge in [0, 0.05) is 46.9 Å². The molecule has 2 amide bonds. The maximum atomic E-state index is 15.1. The van der Waals surface area contributed by atoms with Crippen molar-refractivity contribution in [2.75, 3.05) is 0 Å². The highest BCUT2D eigenvalue weighted by Gasteiger charge is 2.51. The number of fused-ring (bicyclic) bond motifs is 1. The Morgan fingerprint density at radius 1 is 0.471 bits per heavy atom. The van der Waals surface area contributed by atoms with Crippen LogP contribution < -0.4 is 0 Å². The fraction of sp³-hybridized carbons (Fsp3) is 0.132. The zero-order valence-corrected chi connectivity index (χ0v) is 39.3. The quantitative estimate of drug-likeness (QED) is 0.172. The third-order valence-corrected chi connectivity index (χ3v) is 11.9. The first-order chi connectivity index (χ1) is 23.8. The largest absolute Gasteiger partial charge is 0.480 e. The molecule has 0 spiro atoms. The van der Waals surface area contributed by atoms with Gasteiger partial charge < -0.3 is 5.11 Å². The summed E-state index contributed by atoms with van der Waals surface area (Å²) in [5.41, 5.74) is 4.33. The molecule has 6 rings (SSSR count). The number of hydrogen-bond acceptors (Lipinski definition) is 3. The maximum absolute atomic E-state index is 15.1. The minimum atomic E-state index is -1.46. The van der Waals surface area contributed by atoms with Gasteiger partial charge in [-0.1, -0.05) is 148 Å². The van der Waals surface area contributed by atoms with Crippen molar-refractivity contribution >= 4 is 145 Å². The lowest BCUT2D eigenvalue weighted by atomic mass is 9.77. The van der Waals surface area contributed by atoms with E-state index >= 15 is 9.59 Å². The molecule has 5 nitrogen and oxygen atoms in total. The second kappa shape index (κ2) is 15.0. The van der Waals surface area contributed by atoms with E-state index in [0.717, 1.165) is 51.8 Å². The number of halogens is 8. The van der Waals surface area contributed by atoms with Gasteiger partial charge in [-0.15, -0.1) is 0 Å². The van der Waals surface area contributed by atoms with Crippen LogP contribution in [0.3, 0.4) is 0 Å². The summed E-state index contributed by atoms with van der Waals surface area (Å²) in [4.78, 5) is 44.2. The van der Waals surface area contributed by atoms with Crippen LogP contribution in [-0.4, -0.2) is 33.8 Å². The number of aliphatic carboxylic acids is 1. The first-order valence-electron chi connectivity index (χ1n) is 15.1. The number of carboxylic acids is 1. The van der Waals surface area contributed by atoms with Gasteiger partial charge in [0.15, 0.2) is 0 Å². The second-order valence-electron chi connectivity index (χ2n) is 13.0. The molecule has 0 unspecified atom stereocenters. The summed E-state index contributed by atoms with van der Waals surface area (Å²) in [6.07, 6.45) is 0. The van der Waals surface area contributed by atoms with Gasteiger partial charge in [-0.3, -0.25) is 14.5 Å². The molecule has 0 saturated carbocycles. The van der Waals surface area contributed by atoms with Gasteiger partial charge in [-0.2, -0.15) is 0 Å². The molecule has 5 aromatic carbocycles. The van der Waals surface area contributed by atoms with Crippen LogP contribution in [0.25, 0.3) is 44.5 Å². The van der Waals surface area contributed by atoms with Crippen LogP contribution in [-0.2, 0) is 4.79 Å². The van der Waals surface area contributed by atoms with E-state index < -0.39 is 29.2 Å². The SMILES string of the molecule is CC(C)(C)[C@@H](C(=O)O)N1C(=O)c2c(c(-c3cc(Br)cc(Br)c3)c(-c3cc(Br)cc(Br)c3)c(-c3cc(Br)cc(Br)c3)c2-c2cc(Br)cc(Br)c2)C1=O. The summed E-state index contributed by atoms with van der Waals surface area (Å²) in [7, 11) is 0. The molecular formula is C38H23Br8NO4. The van der Waals surface area contributed by atoms with Crippen LogP contribution >= 0.6 is 127 Å². The zero-order chi connectivity index (χ0) is 37.3. The topological polar surface area (TPSA) is 74.7 Å². The lowest BCUT2D eigenvalue weighted by Gasteiger charge is -2.33. The standard InChI is InChI=1S/C38H23Br8NO4/c1-38(2,3)34(37(50)51)47-35(48)32-30(18-8-24(43)14-25(44)9-18)28(16-4-20(39)12-21(40)5-16)29(17-6-22(41)13-23(42)7-17)31(33(32)36(47)49)19-10-26(45)15-27(46)11-19/h4-15,34H,1-3H3,(H,50,51)/t34-/m1/s1. The Kier molecular flexibility index (Phi) is 11.5. The molecule has 0 aromatic heterocycles. The second-order valence-corrected chi connectivity index (χ2v) is 20.3. The van der Waals surface area contributed by atoms with Gasteiger partial charge in [0.1, 0.15) is 6.04 Å². The van der Waals surface area contributed by atoms with Crippen molar-refractivity contribution in [2.24, 2.45) is 5.41 Å². The first-order valence-corrected chi connectivity index (χ1v) is 21.4. The van der Waals surface area contributed by atoms with E-state index in [4.69, 9.17) is 0 Å². The molecule has 0 bridgehead atoms. The molecular weight excluding hydrogens is 1170 g/mol. The van der Waals surface area contributed by atoms with E-state index in [1.54, 1.807) is 20.8 Å². The van der Waals surface area contributed by atoms with E-state index in [2.05, 4.69) is 127 Å². The van der Waals surface area contributed by atoms with Crippen LogP contribution in [0, 0.1) is 5.41 Å². The number of imide groups is 1. The van der Waals surface area contributed by atoms with Crippen LogP contribution in [0.2, 0.25) is 0 Å². The number of amides is 2. The Balaban J connectivity index is 1.97. The van der Waals surface area contributed by atoms with E-state index in [0.29, 0.717) is 33.4 Å². The predicted molar refractivity (Wildman–Crippen MR) is 231 cm³/mol. The number of nitrogens with zero attached hydrogens (tertiary/aromatic N) is 1. The van der Waals surface area contributed by atoms with Crippen molar-refractivity contribution < 1.29 is 19.5 Å². The average molecular weight is 1200 g/mol. The van der Waals surface area contributed by atoms with Gasteiger partial charge >= 0.3 is 5.97 Å². The van der Waals surface area contributed by atoms with Crippen LogP contribution in [0.4, 0.5) is 0 Å². The van der Waals surface area contributed by atoms with Gasteiger partial charge in [-0.25, -0.2) is 4.79 Å². The summed E-state index contributed by atoms with van der Waals surface area (Å²) in [5.74, 6) is -2.64. The number of rotatable bonds is 6. The van der Waals surface area contributed by atoms with Crippen molar-refractivity contribution in [2.45, 2.75) is 26.8 Å². The van der Waals surface area contributed by atoms with Crippen LogP contribution in [0.1, 0.15) is 41.5 Å². The molecule has 5 aromatic rings. The predicted octanol–water partition coefficient (Wildman–Crippen LogP) is 14.5. The summed E-state index contributed by atoms with van der Waals surface area (Å²) < 4.78 is 6.07. The summed E-state index contributed by atoms with van der Waals surface area (Å²) in [5, 5.41) is 10.6. The highest BCUT2D eigenvalue weighted by molar-refractivity contribution is 9.12. The first kappa shape index (κ1) is 39.2. The van der Waals surface area contributed by atoms with Crippen molar-refractivity contribution in [3.05, 3.63) is 120 Å². The smallest absolute Gasteiger partial charge is 0.327 e. The maximum Gasteiger partial charge on any atom is 0.327 e. The zero-order valence-electron chi connectivity index (χ0n) is 26.6. The Labute approximate surface area is 362 Å². The summed E-state index contributed by atoms with van der Waals surface area (Å²) >= 11 is 29.3. The summed E-state index contributed by atoms with van der Waals surface area (Å²) in [6, 6.07) is 21.6. The Hall–Kier alpha value is -1.45. The van der Waals surface area contributed by atoms with E-state index in [-0.39, 0.29) is 11.1 Å². The molecule has 0 fully saturated rings. The Morgan fingerprint density at radius 3 is 0.882 bits per heavy atom. The number of carboxylic acid groups (broad SMARTS) is 1. The number of benzene rings is 5. The minimum absolute atomic E-state index is 0.121. The molecule has 1 N–H and O–H groups in total. The minimum Gasteiger partial charge on any atom is -0.480 e. The van der Waals surface area contributed by atoms with Gasteiger partial charge in [-0.05, 0) is 112 Å². The van der Waals surface area contributed by atoms with Crippen molar-refractivity contribution in [1.82, 2.24) is 4.90 Å². The Morgan fingerprint density at radius 2 is 0.686 bits per heavy atom. The number of carbonyl (C=O) groups excluding carboxylic acids is 2. The molecule has 1 aliphatic rings. The lowest BCUT2D eigenvalue weighted by molar-refractivity contribution is -0.145. The van der Waals surface area contributed by atoms with E-state index in [1.165, 1.54) is 0 Å². The molecule has 0 radical (unpaired) electrons. The highest BCUT2D eigenvalue weighted by Crippen LogP contribution is 2.54. The third-order valence-electron chi connectivity index (χ3n) is 8.28. The van der Waals surface area contributed by atoms with Gasteiger partial charge in [0.05, 0.1) is 11.1 Å². The molecule has 1 heterocycles. The average Bonchev–Trinajstić information content (AvgIpc) is 3.22. The highest BCUT2D eigenvalue weighted by atomic mass is 79.9.